The second-order valence-corrected chi connectivity index (χ2v) is 6.63. The fourth-order valence-electron chi connectivity index (χ4n) is 3.76. The molecule has 0 radical (unpaired) electrons. The summed E-state index contributed by atoms with van der Waals surface area (Å²) in [5.41, 5.74) is 3.94. The van der Waals surface area contributed by atoms with Crippen LogP contribution in [0, 0.1) is 10.1 Å². The van der Waals surface area contributed by atoms with Gasteiger partial charge in [0.05, 0.1) is 4.92 Å². The van der Waals surface area contributed by atoms with Crippen LogP contribution in [0.3, 0.4) is 0 Å². The Morgan fingerprint density at radius 2 is 1.93 bits per heavy atom. The molecule has 0 spiro atoms. The number of hydrogen-bond acceptors (Lipinski definition) is 4. The molecule has 2 N–H and O–H groups in total. The van der Waals surface area contributed by atoms with Crippen LogP contribution in [0.1, 0.15) is 11.3 Å². The van der Waals surface area contributed by atoms with Crippen LogP contribution < -0.4 is 10.6 Å². The van der Waals surface area contributed by atoms with Gasteiger partial charge in [0.25, 0.3) is 5.69 Å². The summed E-state index contributed by atoms with van der Waals surface area (Å²) in [6.07, 6.45) is 1.81. The molecule has 0 atom stereocenters. The van der Waals surface area contributed by atoms with Gasteiger partial charge in [-0.1, -0.05) is 24.3 Å². The van der Waals surface area contributed by atoms with Crippen LogP contribution in [0.4, 0.5) is 11.4 Å². The largest absolute Gasteiger partial charge is 0.335 e. The molecule has 3 aromatic rings. The summed E-state index contributed by atoms with van der Waals surface area (Å²) in [6, 6.07) is 14.1. The van der Waals surface area contributed by atoms with Crippen LogP contribution in [-0.4, -0.2) is 28.5 Å². The first-order valence-electron chi connectivity index (χ1n) is 8.97. The predicted octanol–water partition coefficient (Wildman–Crippen LogP) is 3.30. The highest BCUT2D eigenvalue weighted by Gasteiger charge is 2.20. The molecule has 146 valence electrons. The minimum atomic E-state index is -0.470. The normalized spacial score (nSPS) is 13.3. The maximum absolute atomic E-state index is 12.7. The van der Waals surface area contributed by atoms with Gasteiger partial charge in [0.15, 0.2) is 0 Å². The molecule has 1 aromatic heterocycles. The third-order valence-electron chi connectivity index (χ3n) is 4.93. The lowest BCUT2D eigenvalue weighted by atomic mass is 10.1. The van der Waals surface area contributed by atoms with Crippen molar-refractivity contribution >= 4 is 40.6 Å². The maximum atomic E-state index is 12.7. The van der Waals surface area contributed by atoms with Crippen molar-refractivity contribution in [1.29, 1.82) is 0 Å². The van der Waals surface area contributed by atoms with Gasteiger partial charge in [-0.2, -0.15) is 0 Å². The van der Waals surface area contributed by atoms with Crippen LogP contribution in [0.2, 0.25) is 0 Å². The van der Waals surface area contributed by atoms with Gasteiger partial charge < -0.3 is 15.2 Å². The highest BCUT2D eigenvalue weighted by atomic mass is 35.5. The quantitative estimate of drug-likeness (QED) is 0.519. The summed E-state index contributed by atoms with van der Waals surface area (Å²) >= 11 is 0. The minimum absolute atomic E-state index is 0. The van der Waals surface area contributed by atoms with Crippen LogP contribution in [-0.2, 0) is 24.2 Å². The molecule has 0 fully saturated rings. The van der Waals surface area contributed by atoms with Crippen LogP contribution >= 0.6 is 12.4 Å². The van der Waals surface area contributed by atoms with Crippen LogP contribution in [0.5, 0.6) is 0 Å². The molecule has 0 aliphatic carbocycles. The summed E-state index contributed by atoms with van der Waals surface area (Å²) in [5.74, 6) is -0.198. The van der Waals surface area contributed by atoms with Crippen molar-refractivity contribution in [2.75, 3.05) is 18.4 Å². The van der Waals surface area contributed by atoms with E-state index in [0.717, 1.165) is 31.4 Å². The number of halogens is 1. The fraction of sp³-hybridized carbons (Fsp3) is 0.250. The smallest absolute Gasteiger partial charge is 0.271 e. The van der Waals surface area contributed by atoms with E-state index in [4.69, 9.17) is 0 Å². The molecule has 0 unspecified atom stereocenters. The van der Waals surface area contributed by atoms with Gasteiger partial charge in [-0.3, -0.25) is 14.9 Å². The molecule has 0 saturated heterocycles. The van der Waals surface area contributed by atoms with E-state index in [2.05, 4.69) is 21.3 Å². The molecule has 7 nitrogen and oxygen atoms in total. The first kappa shape index (κ1) is 19.9. The summed E-state index contributed by atoms with van der Waals surface area (Å²) in [4.78, 5) is 23.1. The lowest BCUT2D eigenvalue weighted by Gasteiger charge is -2.11. The van der Waals surface area contributed by atoms with E-state index in [1.54, 1.807) is 12.1 Å². The molecule has 4 rings (SSSR count). The van der Waals surface area contributed by atoms with Gasteiger partial charge >= 0.3 is 0 Å². The molecule has 0 saturated carbocycles. The highest BCUT2D eigenvalue weighted by molar-refractivity contribution is 5.93. The number of fused-ring (bicyclic) bond motifs is 3. The van der Waals surface area contributed by atoms with E-state index in [1.807, 2.05) is 18.2 Å². The second kappa shape index (κ2) is 8.41. The van der Waals surface area contributed by atoms with Crippen molar-refractivity contribution in [3.05, 3.63) is 69.9 Å². The van der Waals surface area contributed by atoms with E-state index in [1.165, 1.54) is 28.8 Å². The number of benzene rings is 2. The van der Waals surface area contributed by atoms with Gasteiger partial charge in [0, 0.05) is 47.4 Å². The Morgan fingerprint density at radius 1 is 1.14 bits per heavy atom. The zero-order valence-electron chi connectivity index (χ0n) is 15.2. The Morgan fingerprint density at radius 3 is 2.75 bits per heavy atom. The molecule has 1 aliphatic rings. The average Bonchev–Trinajstić information content (AvgIpc) is 2.82. The number of aromatic nitrogens is 1. The van der Waals surface area contributed by atoms with E-state index >= 15 is 0 Å². The molecular weight excluding hydrogens is 380 g/mol. The standard InChI is InChI=1S/C20H20N4O3.ClH/c25-20(22-14-4-3-5-15(12-14)24(26)27)13-23-18-7-2-1-6-16(18)17-8-10-21-11-9-19(17)23;/h1-7,12,21H,8-11,13H2,(H,22,25);1H. The number of amides is 1. The van der Waals surface area contributed by atoms with Gasteiger partial charge in [-0.25, -0.2) is 0 Å². The minimum Gasteiger partial charge on any atom is -0.335 e. The Kier molecular flexibility index (Phi) is 5.96. The third kappa shape index (κ3) is 3.85. The van der Waals surface area contributed by atoms with Gasteiger partial charge in [0.1, 0.15) is 6.54 Å². The first-order chi connectivity index (χ1) is 13.1. The van der Waals surface area contributed by atoms with Crippen LogP contribution in [0.25, 0.3) is 10.9 Å². The van der Waals surface area contributed by atoms with Gasteiger partial charge in [-0.15, -0.1) is 12.4 Å². The van der Waals surface area contributed by atoms with Gasteiger partial charge in [0.2, 0.25) is 5.91 Å². The number of rotatable bonds is 4. The van der Waals surface area contributed by atoms with Crippen molar-refractivity contribution in [3.63, 3.8) is 0 Å². The molecule has 28 heavy (non-hydrogen) atoms. The summed E-state index contributed by atoms with van der Waals surface area (Å²) in [6.45, 7) is 2.00. The van der Waals surface area contributed by atoms with Crippen molar-refractivity contribution in [1.82, 2.24) is 9.88 Å². The number of carbonyl (C=O) groups excluding carboxylic acids is 1. The number of anilines is 1. The van der Waals surface area contributed by atoms with Crippen molar-refractivity contribution in [3.8, 4) is 0 Å². The zero-order valence-corrected chi connectivity index (χ0v) is 16.0. The number of nitrogens with one attached hydrogen (secondary N) is 2. The molecule has 2 heterocycles. The molecular formula is C20H21ClN4O3. The first-order valence-corrected chi connectivity index (χ1v) is 8.97. The number of nitro benzene ring substituents is 1. The molecule has 2 aromatic carbocycles. The Balaban J connectivity index is 0.00000225. The fourth-order valence-corrected chi connectivity index (χ4v) is 3.76. The van der Waals surface area contributed by atoms with Crippen molar-refractivity contribution in [2.45, 2.75) is 19.4 Å². The molecule has 0 bridgehead atoms. The van der Waals surface area contributed by atoms with E-state index in [9.17, 15) is 14.9 Å². The highest BCUT2D eigenvalue weighted by Crippen LogP contribution is 2.28. The topological polar surface area (TPSA) is 89.2 Å². The number of non-ortho nitro benzene ring substituents is 1. The number of nitro groups is 1. The van der Waals surface area contributed by atoms with Gasteiger partial charge in [-0.05, 0) is 30.7 Å². The zero-order chi connectivity index (χ0) is 18.8. The molecule has 1 amide bonds. The van der Waals surface area contributed by atoms with Crippen molar-refractivity contribution < 1.29 is 9.72 Å². The Hall–Kier alpha value is -2.90. The monoisotopic (exact) mass is 400 g/mol. The summed E-state index contributed by atoms with van der Waals surface area (Å²) < 4.78 is 2.07. The lowest BCUT2D eigenvalue weighted by Crippen LogP contribution is -2.21. The number of para-hydroxylation sites is 1. The van der Waals surface area contributed by atoms with E-state index < -0.39 is 4.92 Å². The molecule has 1 aliphatic heterocycles. The van der Waals surface area contributed by atoms with Crippen molar-refractivity contribution in [2.24, 2.45) is 0 Å². The number of carbonyl (C=O) groups is 1. The van der Waals surface area contributed by atoms with E-state index in [0.29, 0.717) is 5.69 Å². The second-order valence-electron chi connectivity index (χ2n) is 6.63. The number of nitrogens with zero attached hydrogens (tertiary/aromatic N) is 2. The predicted molar refractivity (Wildman–Crippen MR) is 111 cm³/mol. The lowest BCUT2D eigenvalue weighted by molar-refractivity contribution is -0.384. The maximum Gasteiger partial charge on any atom is 0.271 e. The summed E-state index contributed by atoms with van der Waals surface area (Å²) in [7, 11) is 0. The summed E-state index contributed by atoms with van der Waals surface area (Å²) in [5, 5.41) is 18.3. The SMILES string of the molecule is Cl.O=C(Cn1c2c(c3ccccc31)CCNCC2)Nc1cccc([N+](=O)[O-])c1. The van der Waals surface area contributed by atoms with Crippen LogP contribution in [0.15, 0.2) is 48.5 Å². The average molecular weight is 401 g/mol. The third-order valence-corrected chi connectivity index (χ3v) is 4.93. The Labute approximate surface area is 168 Å². The number of hydrogen-bond donors (Lipinski definition) is 2. The molecule has 8 heteroatoms. The Bertz CT molecular complexity index is 1030. The van der Waals surface area contributed by atoms with E-state index in [-0.39, 0.29) is 30.5 Å².